The molecule has 0 amide bonds. The number of ether oxygens (including phenoxy) is 1. The number of carbonyl (C=O) groups excluding carboxylic acids is 1. The zero-order valence-electron chi connectivity index (χ0n) is 15.1. The first kappa shape index (κ1) is 19.5. The number of esters is 1. The van der Waals surface area contributed by atoms with Gasteiger partial charge in [0.1, 0.15) is 5.82 Å². The van der Waals surface area contributed by atoms with Crippen LogP contribution in [0.25, 0.3) is 0 Å². The van der Waals surface area contributed by atoms with Crippen LogP contribution in [0.2, 0.25) is 0 Å². The van der Waals surface area contributed by atoms with Crippen molar-refractivity contribution in [2.75, 3.05) is 13.7 Å². The maximum absolute atomic E-state index is 13.1. The summed E-state index contributed by atoms with van der Waals surface area (Å²) in [4.78, 5) is 11.5. The van der Waals surface area contributed by atoms with Gasteiger partial charge in [-0.2, -0.15) is 4.31 Å². The summed E-state index contributed by atoms with van der Waals surface area (Å²) < 4.78 is 45.2. The largest absolute Gasteiger partial charge is 0.465 e. The number of nitrogens with zero attached hydrogens (tertiary/aromatic N) is 1. The summed E-state index contributed by atoms with van der Waals surface area (Å²) >= 11 is 0. The lowest BCUT2D eigenvalue weighted by Gasteiger charge is -2.22. The first-order valence-corrected chi connectivity index (χ1v) is 10.4. The number of hydrogen-bond donors (Lipinski definition) is 0. The van der Waals surface area contributed by atoms with Gasteiger partial charge >= 0.3 is 5.97 Å². The van der Waals surface area contributed by atoms with Crippen LogP contribution in [0.15, 0.2) is 48.5 Å². The smallest absolute Gasteiger partial charge is 0.337 e. The van der Waals surface area contributed by atoms with E-state index in [1.165, 1.54) is 23.5 Å². The van der Waals surface area contributed by atoms with E-state index in [2.05, 4.69) is 4.74 Å². The van der Waals surface area contributed by atoms with Gasteiger partial charge in [-0.05, 0) is 54.2 Å². The molecule has 27 heavy (non-hydrogen) atoms. The Kier molecular flexibility index (Phi) is 5.92. The highest BCUT2D eigenvalue weighted by Gasteiger charge is 2.30. The lowest BCUT2D eigenvalue weighted by Crippen LogP contribution is -2.33. The van der Waals surface area contributed by atoms with E-state index in [9.17, 15) is 17.6 Å². The Morgan fingerprint density at radius 2 is 1.67 bits per heavy atom. The lowest BCUT2D eigenvalue weighted by molar-refractivity contribution is 0.0600. The van der Waals surface area contributed by atoms with Crippen molar-refractivity contribution in [3.05, 3.63) is 71.0 Å². The molecule has 5 nitrogen and oxygen atoms in total. The topological polar surface area (TPSA) is 63.7 Å². The van der Waals surface area contributed by atoms with Crippen molar-refractivity contribution in [2.45, 2.75) is 25.1 Å². The second-order valence-electron chi connectivity index (χ2n) is 6.81. The average Bonchev–Trinajstić information content (AvgIpc) is 3.47. The Bertz CT molecular complexity index is 891. The van der Waals surface area contributed by atoms with Gasteiger partial charge in [-0.15, -0.1) is 0 Å². The monoisotopic (exact) mass is 391 g/mol. The molecule has 0 unspecified atom stereocenters. The van der Waals surface area contributed by atoms with Crippen molar-refractivity contribution in [3.8, 4) is 0 Å². The van der Waals surface area contributed by atoms with Crippen LogP contribution in [-0.4, -0.2) is 32.3 Å². The number of benzene rings is 2. The number of carbonyl (C=O) groups is 1. The minimum absolute atomic E-state index is 0.150. The van der Waals surface area contributed by atoms with Gasteiger partial charge in [0.15, 0.2) is 0 Å². The quantitative estimate of drug-likeness (QED) is 0.648. The summed E-state index contributed by atoms with van der Waals surface area (Å²) in [5.41, 5.74) is 1.73. The summed E-state index contributed by atoms with van der Waals surface area (Å²) in [6.45, 7) is 0.694. The number of rotatable bonds is 8. The van der Waals surface area contributed by atoms with E-state index in [4.69, 9.17) is 0 Å². The Morgan fingerprint density at radius 3 is 2.22 bits per heavy atom. The number of hydrogen-bond acceptors (Lipinski definition) is 4. The van der Waals surface area contributed by atoms with Crippen LogP contribution in [0.3, 0.4) is 0 Å². The van der Waals surface area contributed by atoms with Gasteiger partial charge < -0.3 is 4.74 Å². The summed E-state index contributed by atoms with van der Waals surface area (Å²) in [5.74, 6) is -0.568. The van der Waals surface area contributed by atoms with Gasteiger partial charge in [-0.25, -0.2) is 17.6 Å². The number of sulfonamides is 1. The minimum atomic E-state index is -3.55. The molecular weight excluding hydrogens is 369 g/mol. The second kappa shape index (κ2) is 8.19. The standard InChI is InChI=1S/C20H22FNO4S/c1-26-20(23)18-8-4-17(5-9-18)14-27(24,25)22(12-15-2-3-15)13-16-6-10-19(21)11-7-16/h4-11,15H,2-3,12-14H2,1H3. The molecule has 0 aromatic heterocycles. The van der Waals surface area contributed by atoms with Crippen molar-refractivity contribution in [1.29, 1.82) is 0 Å². The maximum Gasteiger partial charge on any atom is 0.337 e. The second-order valence-corrected chi connectivity index (χ2v) is 8.78. The zero-order valence-corrected chi connectivity index (χ0v) is 15.9. The third-order valence-corrected chi connectivity index (χ3v) is 6.31. The first-order valence-electron chi connectivity index (χ1n) is 8.77. The summed E-state index contributed by atoms with van der Waals surface area (Å²) in [6, 6.07) is 12.2. The van der Waals surface area contributed by atoms with Gasteiger partial charge in [0.2, 0.25) is 10.0 Å². The zero-order chi connectivity index (χ0) is 19.4. The van der Waals surface area contributed by atoms with Gasteiger partial charge in [-0.1, -0.05) is 24.3 Å². The van der Waals surface area contributed by atoms with Crippen LogP contribution in [0.4, 0.5) is 4.39 Å². The van der Waals surface area contributed by atoms with Crippen LogP contribution in [0, 0.1) is 11.7 Å². The molecule has 3 rings (SSSR count). The molecule has 1 aliphatic rings. The molecule has 2 aromatic carbocycles. The van der Waals surface area contributed by atoms with Gasteiger partial charge in [0.05, 0.1) is 18.4 Å². The molecule has 0 heterocycles. The third-order valence-electron chi connectivity index (χ3n) is 4.55. The predicted octanol–water partition coefficient (Wildman–Crippen LogP) is 3.35. The van der Waals surface area contributed by atoms with Crippen LogP contribution in [-0.2, 0) is 27.1 Å². The van der Waals surface area contributed by atoms with Crippen LogP contribution in [0.1, 0.15) is 34.3 Å². The molecule has 0 spiro atoms. The molecule has 2 aromatic rings. The van der Waals surface area contributed by atoms with Crippen molar-refractivity contribution < 1.29 is 22.3 Å². The maximum atomic E-state index is 13.1. The van der Waals surface area contributed by atoms with E-state index < -0.39 is 16.0 Å². The predicted molar refractivity (Wildman–Crippen MR) is 99.9 cm³/mol. The highest BCUT2D eigenvalue weighted by atomic mass is 32.2. The Balaban J connectivity index is 1.75. The van der Waals surface area contributed by atoms with Crippen LogP contribution in [0.5, 0.6) is 0 Å². The van der Waals surface area contributed by atoms with Gasteiger partial charge in [0.25, 0.3) is 0 Å². The van der Waals surface area contributed by atoms with E-state index >= 15 is 0 Å². The highest BCUT2D eigenvalue weighted by molar-refractivity contribution is 7.88. The van der Waals surface area contributed by atoms with E-state index in [-0.39, 0.29) is 18.1 Å². The minimum Gasteiger partial charge on any atom is -0.465 e. The Hall–Kier alpha value is -2.25. The third kappa shape index (κ3) is 5.37. The normalized spacial score (nSPS) is 14.3. The molecule has 144 valence electrons. The first-order chi connectivity index (χ1) is 12.9. The molecule has 0 atom stereocenters. The summed E-state index contributed by atoms with van der Waals surface area (Å²) in [7, 11) is -2.26. The molecule has 1 aliphatic carbocycles. The molecule has 0 N–H and O–H groups in total. The molecule has 1 fully saturated rings. The number of halogens is 1. The van der Waals surface area contributed by atoms with Crippen LogP contribution < -0.4 is 0 Å². The van der Waals surface area contributed by atoms with E-state index in [0.717, 1.165) is 18.4 Å². The fourth-order valence-electron chi connectivity index (χ4n) is 2.82. The van der Waals surface area contributed by atoms with Crippen molar-refractivity contribution in [1.82, 2.24) is 4.31 Å². The average molecular weight is 391 g/mol. The Labute approximate surface area is 158 Å². The van der Waals surface area contributed by atoms with Crippen molar-refractivity contribution in [2.24, 2.45) is 5.92 Å². The van der Waals surface area contributed by atoms with E-state index in [1.54, 1.807) is 36.4 Å². The molecule has 1 saturated carbocycles. The fourth-order valence-corrected chi connectivity index (χ4v) is 4.40. The number of methoxy groups -OCH3 is 1. The van der Waals surface area contributed by atoms with Gasteiger partial charge in [-0.3, -0.25) is 0 Å². The van der Waals surface area contributed by atoms with Gasteiger partial charge in [0, 0.05) is 13.1 Å². The van der Waals surface area contributed by atoms with Crippen molar-refractivity contribution >= 4 is 16.0 Å². The van der Waals surface area contributed by atoms with Crippen LogP contribution >= 0.6 is 0 Å². The van der Waals surface area contributed by atoms with E-state index in [1.807, 2.05) is 0 Å². The summed E-state index contributed by atoms with van der Waals surface area (Å²) in [6.07, 6.45) is 2.06. The molecule has 0 radical (unpaired) electrons. The molecular formula is C20H22FNO4S. The molecule has 7 heteroatoms. The Morgan fingerprint density at radius 1 is 1.07 bits per heavy atom. The molecule has 0 aliphatic heterocycles. The molecule has 0 bridgehead atoms. The van der Waals surface area contributed by atoms with Crippen molar-refractivity contribution in [3.63, 3.8) is 0 Å². The highest BCUT2D eigenvalue weighted by Crippen LogP contribution is 2.31. The lowest BCUT2D eigenvalue weighted by atomic mass is 10.1. The fraction of sp³-hybridized carbons (Fsp3) is 0.350. The summed E-state index contributed by atoms with van der Waals surface area (Å²) in [5, 5.41) is 0. The molecule has 0 saturated heterocycles. The van der Waals surface area contributed by atoms with E-state index in [0.29, 0.717) is 23.6 Å². The SMILES string of the molecule is COC(=O)c1ccc(CS(=O)(=O)N(Cc2ccc(F)cc2)CC2CC2)cc1.